The number of fused-ring (bicyclic) bond motifs is 4. The summed E-state index contributed by atoms with van der Waals surface area (Å²) in [5.74, 6) is 0. The van der Waals surface area contributed by atoms with Gasteiger partial charge in [-0.05, 0) is 224 Å². The normalized spacial score (nSPS) is 11.6. The molecule has 0 aliphatic rings. The summed E-state index contributed by atoms with van der Waals surface area (Å²) in [6.07, 6.45) is 0. The first kappa shape index (κ1) is 67.1. The molecule has 4 nitrogen and oxygen atoms in total. The van der Waals surface area contributed by atoms with Crippen molar-refractivity contribution in [3.8, 4) is 44.5 Å². The van der Waals surface area contributed by atoms with E-state index in [1.54, 1.807) is 0 Å². The molecule has 0 heterocycles. The van der Waals surface area contributed by atoms with Gasteiger partial charge in [0.2, 0.25) is 0 Å². The summed E-state index contributed by atoms with van der Waals surface area (Å²) in [6, 6.07) is 149. The third-order valence-corrected chi connectivity index (χ3v) is 22.8. The van der Waals surface area contributed by atoms with E-state index >= 15 is 0 Å². The van der Waals surface area contributed by atoms with Crippen molar-refractivity contribution in [1.82, 2.24) is 0 Å². The Morgan fingerprint density at radius 2 is 0.330 bits per heavy atom. The molecule has 0 fully saturated rings. The van der Waals surface area contributed by atoms with Gasteiger partial charge in [0.1, 0.15) is 0 Å². The lowest BCUT2D eigenvalue weighted by Crippen LogP contribution is -2.16. The molecule has 0 atom stereocenters. The van der Waals surface area contributed by atoms with Crippen molar-refractivity contribution in [2.75, 3.05) is 19.6 Å². The van der Waals surface area contributed by atoms with Gasteiger partial charge in [-0.25, -0.2) is 0 Å². The SMILES string of the molecule is Cc1ccc(N(c2ccc(-c3cccc4ccccc34)cc2)c2cc(N(c3ccc(C)cc3)c3ccc(-c4cccc5ccccc45)cc3)c3ccc4c(N(c5ccc(C)cc5)c5ccc(-c6cccc7ccccc67)cc5)cc(N(c5ccc(C)cc5)c5ccc(-c6cccc7ccccc67)cc5)c5ccc2c3c54)cc1. The number of rotatable bonds is 16. The third kappa shape index (κ3) is 12.0. The van der Waals surface area contributed by atoms with Crippen LogP contribution in [0.1, 0.15) is 22.3 Å². The van der Waals surface area contributed by atoms with Crippen LogP contribution in [0.3, 0.4) is 0 Å². The fraction of sp³-hybridized carbons (Fsp3) is 0.0370. The molecule has 530 valence electrons. The van der Waals surface area contributed by atoms with Crippen molar-refractivity contribution in [1.29, 1.82) is 0 Å². The first-order valence-corrected chi connectivity index (χ1v) is 38.8. The fourth-order valence-electron chi connectivity index (χ4n) is 17.2. The Kier molecular flexibility index (Phi) is 16.8. The van der Waals surface area contributed by atoms with Gasteiger partial charge in [0.05, 0.1) is 22.7 Å². The summed E-state index contributed by atoms with van der Waals surface area (Å²) < 4.78 is 0. The maximum Gasteiger partial charge on any atom is 0.0561 e. The second-order valence-corrected chi connectivity index (χ2v) is 29.9. The quantitative estimate of drug-likeness (QED) is 0.0894. The molecule has 0 unspecified atom stereocenters. The van der Waals surface area contributed by atoms with Crippen molar-refractivity contribution in [3.05, 3.63) is 423 Å². The summed E-state index contributed by atoms with van der Waals surface area (Å²) in [5, 5.41) is 16.5. The molecule has 4 heteroatoms. The van der Waals surface area contributed by atoms with Crippen LogP contribution in [-0.2, 0) is 0 Å². The highest BCUT2D eigenvalue weighted by molar-refractivity contribution is 6.33. The summed E-state index contributed by atoms with van der Waals surface area (Å²) in [4.78, 5) is 10.0. The number of anilines is 12. The Morgan fingerprint density at radius 1 is 0.152 bits per heavy atom. The molecule has 0 aliphatic heterocycles. The maximum absolute atomic E-state index is 2.51. The van der Waals surface area contributed by atoms with Crippen molar-refractivity contribution in [2.24, 2.45) is 0 Å². The van der Waals surface area contributed by atoms with E-state index in [2.05, 4.69) is 448 Å². The van der Waals surface area contributed by atoms with Gasteiger partial charge in [-0.15, -0.1) is 0 Å². The van der Waals surface area contributed by atoms with E-state index in [-0.39, 0.29) is 0 Å². The second kappa shape index (κ2) is 28.0. The molecule has 0 saturated heterocycles. The first-order chi connectivity index (χ1) is 55.2. The predicted molar refractivity (Wildman–Crippen MR) is 480 cm³/mol. The lowest BCUT2D eigenvalue weighted by molar-refractivity contribution is 1.26. The van der Waals surface area contributed by atoms with Crippen LogP contribution in [-0.4, -0.2) is 0 Å². The smallest absolute Gasteiger partial charge is 0.0561 e. The van der Waals surface area contributed by atoms with Gasteiger partial charge < -0.3 is 19.6 Å². The molecule has 0 N–H and O–H groups in total. The monoisotopic (exact) mass is 1430 g/mol. The molecule has 0 amide bonds. The zero-order chi connectivity index (χ0) is 74.9. The fourth-order valence-corrected chi connectivity index (χ4v) is 17.2. The molecular formula is C108H78N4. The van der Waals surface area contributed by atoms with Crippen LogP contribution < -0.4 is 19.6 Å². The maximum atomic E-state index is 2.51. The van der Waals surface area contributed by atoms with Gasteiger partial charge >= 0.3 is 0 Å². The number of aryl methyl sites for hydroxylation is 4. The minimum Gasteiger partial charge on any atom is -0.310 e. The standard InChI is InChI=1S/C108H78N4/c1-71-33-49-83(50-34-71)109(87-57-41-79(42-58-87)95-29-13-21-75-17-5-9-25-91(75)95)103-69-104(110(84-51-35-72(2)36-52-84)88-59-43-80(44-60-88)96-30-14-22-76-18-6-10-26-92(76)96)100-67-68-102-106(112(86-55-39-74(4)40-56-86)90-63-47-82(48-64-90)98-32-16-24-78-20-8-12-28-94(78)98)70-105(101-66-65-99(103)107(100)108(101)102)111(85-53-37-73(3)38-54-85)89-61-45-81(46-62-89)97-31-15-23-77-19-7-11-27-93(77)97/h5-70H,1-4H3. The number of hydrogen-bond acceptors (Lipinski definition) is 4. The Labute approximate surface area is 653 Å². The molecular weight excluding hydrogens is 1350 g/mol. The summed E-state index contributed by atoms with van der Waals surface area (Å²) in [7, 11) is 0. The lowest BCUT2D eigenvalue weighted by atomic mass is 9.89. The Morgan fingerprint density at radius 3 is 0.536 bits per heavy atom. The Hall–Kier alpha value is -14.3. The zero-order valence-electron chi connectivity index (χ0n) is 62.9. The lowest BCUT2D eigenvalue weighted by Gasteiger charge is -2.34. The average Bonchev–Trinajstić information content (AvgIpc) is 0.699. The summed E-state index contributed by atoms with van der Waals surface area (Å²) in [6.45, 7) is 8.72. The van der Waals surface area contributed by atoms with Crippen LogP contribution in [0.15, 0.2) is 400 Å². The van der Waals surface area contributed by atoms with Gasteiger partial charge in [0.25, 0.3) is 0 Å². The Bertz CT molecular complexity index is 6070. The van der Waals surface area contributed by atoms with Gasteiger partial charge in [0.15, 0.2) is 0 Å². The molecule has 0 aliphatic carbocycles. The predicted octanol–water partition coefficient (Wildman–Crippen LogP) is 31.0. The number of benzene rings is 20. The van der Waals surface area contributed by atoms with Gasteiger partial charge in [-0.3, -0.25) is 0 Å². The molecule has 20 rings (SSSR count). The van der Waals surface area contributed by atoms with E-state index in [9.17, 15) is 0 Å². The van der Waals surface area contributed by atoms with E-state index in [0.29, 0.717) is 0 Å². The van der Waals surface area contributed by atoms with E-state index in [0.717, 1.165) is 123 Å². The van der Waals surface area contributed by atoms with Crippen LogP contribution in [0.4, 0.5) is 68.2 Å². The molecule has 0 aromatic heterocycles. The Balaban J connectivity index is 0.898. The van der Waals surface area contributed by atoms with Crippen molar-refractivity contribution in [2.45, 2.75) is 27.7 Å². The van der Waals surface area contributed by atoms with Gasteiger partial charge in [-0.1, -0.05) is 313 Å². The minimum atomic E-state index is 1.03. The van der Waals surface area contributed by atoms with E-state index < -0.39 is 0 Å². The largest absolute Gasteiger partial charge is 0.310 e. The van der Waals surface area contributed by atoms with E-state index in [4.69, 9.17) is 0 Å². The minimum absolute atomic E-state index is 1.03. The molecule has 112 heavy (non-hydrogen) atoms. The molecule has 0 bridgehead atoms. The van der Waals surface area contributed by atoms with Crippen LogP contribution >= 0.6 is 0 Å². The molecule has 20 aromatic carbocycles. The highest BCUT2D eigenvalue weighted by Gasteiger charge is 2.30. The van der Waals surface area contributed by atoms with Crippen LogP contribution in [0.5, 0.6) is 0 Å². The highest BCUT2D eigenvalue weighted by atomic mass is 15.2. The van der Waals surface area contributed by atoms with E-state index in [1.807, 2.05) is 0 Å². The summed E-state index contributed by atoms with van der Waals surface area (Å²) >= 11 is 0. The van der Waals surface area contributed by atoms with E-state index in [1.165, 1.54) is 87.6 Å². The van der Waals surface area contributed by atoms with Gasteiger partial charge in [0, 0.05) is 77.8 Å². The van der Waals surface area contributed by atoms with Crippen molar-refractivity contribution < 1.29 is 0 Å². The highest BCUT2D eigenvalue weighted by Crippen LogP contribution is 2.56. The summed E-state index contributed by atoms with van der Waals surface area (Å²) in [5.41, 5.74) is 26.6. The molecule has 0 saturated carbocycles. The van der Waals surface area contributed by atoms with Crippen LogP contribution in [0.2, 0.25) is 0 Å². The number of nitrogens with zero attached hydrogens (tertiary/aromatic N) is 4. The first-order valence-electron chi connectivity index (χ1n) is 38.8. The van der Waals surface area contributed by atoms with Crippen molar-refractivity contribution >= 4 is 144 Å². The number of hydrogen-bond donors (Lipinski definition) is 0. The molecule has 0 radical (unpaired) electrons. The van der Waals surface area contributed by atoms with Crippen LogP contribution in [0.25, 0.3) is 120 Å². The zero-order valence-corrected chi connectivity index (χ0v) is 62.9. The average molecular weight is 1430 g/mol. The molecule has 20 aromatic rings. The topological polar surface area (TPSA) is 13.0 Å². The second-order valence-electron chi connectivity index (χ2n) is 29.9. The third-order valence-electron chi connectivity index (χ3n) is 22.8. The van der Waals surface area contributed by atoms with Crippen LogP contribution in [0, 0.1) is 27.7 Å². The molecule has 0 spiro atoms. The van der Waals surface area contributed by atoms with Crippen molar-refractivity contribution in [3.63, 3.8) is 0 Å². The van der Waals surface area contributed by atoms with Gasteiger partial charge in [-0.2, -0.15) is 0 Å².